The Bertz CT molecular complexity index is 677. The van der Waals surface area contributed by atoms with Gasteiger partial charge in [0.25, 0.3) is 5.92 Å². The lowest BCUT2D eigenvalue weighted by molar-refractivity contribution is -0.158. The molecule has 24 heavy (non-hydrogen) atoms. The molecule has 0 aromatic carbocycles. The van der Waals surface area contributed by atoms with Gasteiger partial charge >= 0.3 is 0 Å². The number of likely N-dealkylation sites (tertiary alicyclic amines) is 1. The van der Waals surface area contributed by atoms with Crippen molar-refractivity contribution in [2.75, 3.05) is 31.1 Å². The van der Waals surface area contributed by atoms with E-state index in [9.17, 15) is 8.78 Å². The molecule has 2 fully saturated rings. The minimum atomic E-state index is -2.60. The SMILES string of the molecule is FC1(F)CCN(Cc2ccsc2)C[C@@]12CCN(c1cccnc1)C2. The van der Waals surface area contributed by atoms with Crippen LogP contribution in [0.5, 0.6) is 0 Å². The minimum Gasteiger partial charge on any atom is -0.369 e. The fraction of sp³-hybridized carbons (Fsp3) is 0.500. The molecule has 1 atom stereocenters. The lowest BCUT2D eigenvalue weighted by Gasteiger charge is -2.46. The zero-order valence-electron chi connectivity index (χ0n) is 13.5. The van der Waals surface area contributed by atoms with Gasteiger partial charge in [-0.25, -0.2) is 8.78 Å². The number of rotatable bonds is 3. The third kappa shape index (κ3) is 2.82. The maximum Gasteiger partial charge on any atom is 0.257 e. The predicted molar refractivity (Wildman–Crippen MR) is 92.7 cm³/mol. The van der Waals surface area contributed by atoms with Crippen LogP contribution in [-0.2, 0) is 6.54 Å². The van der Waals surface area contributed by atoms with Crippen molar-refractivity contribution in [1.29, 1.82) is 0 Å². The van der Waals surface area contributed by atoms with Crippen molar-refractivity contribution in [3.63, 3.8) is 0 Å². The maximum atomic E-state index is 14.8. The molecule has 2 aromatic heterocycles. The monoisotopic (exact) mass is 349 g/mol. The summed E-state index contributed by atoms with van der Waals surface area (Å²) in [5, 5.41) is 4.15. The average molecular weight is 349 g/mol. The first-order chi connectivity index (χ1) is 11.6. The molecule has 4 heterocycles. The number of hydrogen-bond acceptors (Lipinski definition) is 4. The third-order valence-corrected chi connectivity index (χ3v) is 6.13. The molecule has 2 aliphatic rings. The Hall–Kier alpha value is -1.53. The van der Waals surface area contributed by atoms with Gasteiger partial charge in [0.15, 0.2) is 0 Å². The molecule has 6 heteroatoms. The van der Waals surface area contributed by atoms with Crippen LogP contribution in [0.1, 0.15) is 18.4 Å². The second-order valence-electron chi connectivity index (χ2n) is 6.96. The first kappa shape index (κ1) is 16.0. The molecule has 0 radical (unpaired) electrons. The van der Waals surface area contributed by atoms with E-state index in [1.807, 2.05) is 17.5 Å². The molecule has 2 aromatic rings. The van der Waals surface area contributed by atoms with Gasteiger partial charge in [-0.2, -0.15) is 11.3 Å². The van der Waals surface area contributed by atoms with E-state index < -0.39 is 11.3 Å². The summed E-state index contributed by atoms with van der Waals surface area (Å²) in [4.78, 5) is 8.39. The van der Waals surface area contributed by atoms with Gasteiger partial charge in [0.2, 0.25) is 0 Å². The molecule has 2 saturated heterocycles. The van der Waals surface area contributed by atoms with Crippen molar-refractivity contribution >= 4 is 17.0 Å². The zero-order chi connectivity index (χ0) is 16.6. The van der Waals surface area contributed by atoms with Crippen molar-refractivity contribution in [2.45, 2.75) is 25.3 Å². The number of alkyl halides is 2. The van der Waals surface area contributed by atoms with Crippen molar-refractivity contribution < 1.29 is 8.78 Å². The number of halogens is 2. The molecule has 0 saturated carbocycles. The molecular formula is C18H21F2N3S. The van der Waals surface area contributed by atoms with Crippen LogP contribution in [0.3, 0.4) is 0 Å². The summed E-state index contributed by atoms with van der Waals surface area (Å²) in [5.74, 6) is -2.60. The van der Waals surface area contributed by atoms with E-state index in [0.717, 1.165) is 12.2 Å². The van der Waals surface area contributed by atoms with Gasteiger partial charge < -0.3 is 4.90 Å². The van der Waals surface area contributed by atoms with Gasteiger partial charge in [-0.1, -0.05) is 0 Å². The Labute approximate surface area is 144 Å². The van der Waals surface area contributed by atoms with E-state index in [1.54, 1.807) is 23.7 Å². The number of hydrogen-bond donors (Lipinski definition) is 0. The summed E-state index contributed by atoms with van der Waals surface area (Å²) in [5.41, 5.74) is 1.22. The van der Waals surface area contributed by atoms with Crippen molar-refractivity contribution in [3.8, 4) is 0 Å². The summed E-state index contributed by atoms with van der Waals surface area (Å²) in [7, 11) is 0. The molecule has 4 rings (SSSR count). The van der Waals surface area contributed by atoms with Gasteiger partial charge in [-0.3, -0.25) is 9.88 Å². The normalized spacial score (nSPS) is 27.0. The smallest absolute Gasteiger partial charge is 0.257 e. The first-order valence-corrected chi connectivity index (χ1v) is 9.29. The quantitative estimate of drug-likeness (QED) is 0.838. The van der Waals surface area contributed by atoms with Gasteiger partial charge in [0, 0.05) is 45.3 Å². The zero-order valence-corrected chi connectivity index (χ0v) is 14.3. The fourth-order valence-corrected chi connectivity index (χ4v) is 4.68. The standard InChI is InChI=1S/C18H21F2N3S/c19-18(20)5-7-22(11-15-3-9-24-12-15)13-17(18)4-8-23(14-17)16-2-1-6-21-10-16/h1-3,6,9-10,12H,4-5,7-8,11,13-14H2/t17-/m1/s1. The van der Waals surface area contributed by atoms with Crippen molar-refractivity contribution in [1.82, 2.24) is 9.88 Å². The lowest BCUT2D eigenvalue weighted by atomic mass is 9.75. The van der Waals surface area contributed by atoms with E-state index in [1.165, 1.54) is 5.56 Å². The van der Waals surface area contributed by atoms with E-state index in [2.05, 4.69) is 26.2 Å². The Morgan fingerprint density at radius 3 is 2.83 bits per heavy atom. The Kier molecular flexibility index (Phi) is 4.04. The molecule has 0 unspecified atom stereocenters. The van der Waals surface area contributed by atoms with Gasteiger partial charge in [0.05, 0.1) is 17.3 Å². The number of anilines is 1. The number of nitrogens with zero attached hydrogens (tertiary/aromatic N) is 3. The summed E-state index contributed by atoms with van der Waals surface area (Å²) in [6.45, 7) is 2.79. The third-order valence-electron chi connectivity index (χ3n) is 5.40. The second-order valence-corrected chi connectivity index (χ2v) is 7.74. The minimum absolute atomic E-state index is 0.0436. The van der Waals surface area contributed by atoms with Gasteiger partial charge in [-0.05, 0) is 40.9 Å². The number of aromatic nitrogens is 1. The van der Waals surface area contributed by atoms with E-state index in [0.29, 0.717) is 32.6 Å². The van der Waals surface area contributed by atoms with Crippen LogP contribution in [0.4, 0.5) is 14.5 Å². The highest BCUT2D eigenvalue weighted by Gasteiger charge is 2.59. The highest BCUT2D eigenvalue weighted by molar-refractivity contribution is 7.07. The van der Waals surface area contributed by atoms with Crippen LogP contribution < -0.4 is 4.90 Å². The van der Waals surface area contributed by atoms with E-state index in [-0.39, 0.29) is 6.42 Å². The molecule has 0 bridgehead atoms. The fourth-order valence-electron chi connectivity index (χ4n) is 4.02. The van der Waals surface area contributed by atoms with Gasteiger partial charge in [-0.15, -0.1) is 0 Å². The second kappa shape index (κ2) is 6.08. The molecule has 0 N–H and O–H groups in total. The molecule has 0 aliphatic carbocycles. The summed E-state index contributed by atoms with van der Waals surface area (Å²) >= 11 is 1.66. The molecule has 0 amide bonds. The maximum absolute atomic E-state index is 14.8. The Balaban J connectivity index is 1.53. The number of piperidine rings is 1. The lowest BCUT2D eigenvalue weighted by Crippen LogP contribution is -2.56. The van der Waals surface area contributed by atoms with Crippen molar-refractivity contribution in [3.05, 3.63) is 46.9 Å². The van der Waals surface area contributed by atoms with Gasteiger partial charge in [0.1, 0.15) is 0 Å². The van der Waals surface area contributed by atoms with Crippen LogP contribution in [0.25, 0.3) is 0 Å². The van der Waals surface area contributed by atoms with Crippen LogP contribution in [-0.4, -0.2) is 42.0 Å². The van der Waals surface area contributed by atoms with E-state index >= 15 is 0 Å². The Morgan fingerprint density at radius 2 is 2.08 bits per heavy atom. The Morgan fingerprint density at radius 1 is 1.17 bits per heavy atom. The topological polar surface area (TPSA) is 19.4 Å². The highest BCUT2D eigenvalue weighted by Crippen LogP contribution is 2.50. The van der Waals surface area contributed by atoms with Crippen LogP contribution >= 0.6 is 11.3 Å². The predicted octanol–water partition coefficient (Wildman–Crippen LogP) is 3.88. The number of thiophene rings is 1. The molecule has 2 aliphatic heterocycles. The molecule has 1 spiro atoms. The highest BCUT2D eigenvalue weighted by atomic mass is 32.1. The largest absolute Gasteiger partial charge is 0.369 e. The van der Waals surface area contributed by atoms with Crippen LogP contribution in [0.2, 0.25) is 0 Å². The summed E-state index contributed by atoms with van der Waals surface area (Å²) < 4.78 is 29.7. The summed E-state index contributed by atoms with van der Waals surface area (Å²) in [6, 6.07) is 5.90. The van der Waals surface area contributed by atoms with Crippen molar-refractivity contribution in [2.24, 2.45) is 5.41 Å². The first-order valence-electron chi connectivity index (χ1n) is 8.34. The van der Waals surface area contributed by atoms with Crippen LogP contribution in [0, 0.1) is 5.41 Å². The molecular weight excluding hydrogens is 328 g/mol. The summed E-state index contributed by atoms with van der Waals surface area (Å²) in [6.07, 6.45) is 3.98. The molecule has 128 valence electrons. The van der Waals surface area contributed by atoms with Crippen LogP contribution in [0.15, 0.2) is 41.4 Å². The molecule has 3 nitrogen and oxygen atoms in total. The number of pyridine rings is 1. The average Bonchev–Trinajstić information content (AvgIpc) is 3.23. The van der Waals surface area contributed by atoms with E-state index in [4.69, 9.17) is 0 Å².